The average Bonchev–Trinajstić information content (AvgIpc) is 3.08. The molecule has 2 amide bonds. The monoisotopic (exact) mass is 398 g/mol. The van der Waals surface area contributed by atoms with Gasteiger partial charge in [-0.2, -0.15) is 0 Å². The highest BCUT2D eigenvalue weighted by atomic mass is 79.9. The number of amides is 2. The molecule has 126 valence electrons. The number of carbonyl (C=O) groups excluding carboxylic acids is 2. The first-order valence-corrected chi connectivity index (χ1v) is 8.34. The van der Waals surface area contributed by atoms with Crippen LogP contribution < -0.4 is 10.2 Å². The molecule has 0 spiro atoms. The topological polar surface area (TPSA) is 62.6 Å². The van der Waals surface area contributed by atoms with Gasteiger partial charge in [-0.1, -0.05) is 18.2 Å². The van der Waals surface area contributed by atoms with Crippen molar-refractivity contribution in [1.82, 2.24) is 0 Å². The molecule has 1 N–H and O–H groups in total. The van der Waals surface area contributed by atoms with Gasteiger partial charge in [-0.05, 0) is 64.5 Å². The van der Waals surface area contributed by atoms with E-state index in [9.17, 15) is 9.59 Å². The molecule has 0 bridgehead atoms. The Morgan fingerprint density at radius 2 is 1.64 bits per heavy atom. The van der Waals surface area contributed by atoms with E-state index in [0.717, 1.165) is 5.69 Å². The van der Waals surface area contributed by atoms with E-state index in [1.165, 1.54) is 0 Å². The van der Waals surface area contributed by atoms with Crippen LogP contribution in [0.15, 0.2) is 75.8 Å². The van der Waals surface area contributed by atoms with Crippen molar-refractivity contribution < 1.29 is 14.0 Å². The summed E-state index contributed by atoms with van der Waals surface area (Å²) in [5.41, 5.74) is 1.93. The normalized spacial score (nSPS) is 10.3. The zero-order valence-electron chi connectivity index (χ0n) is 13.4. The molecule has 0 unspecified atom stereocenters. The number of benzene rings is 2. The minimum atomic E-state index is -0.355. The van der Waals surface area contributed by atoms with E-state index in [1.54, 1.807) is 48.3 Å². The van der Waals surface area contributed by atoms with Gasteiger partial charge in [-0.25, -0.2) is 0 Å². The minimum absolute atomic E-state index is 0.126. The van der Waals surface area contributed by atoms with Crippen molar-refractivity contribution in [3.8, 4) is 0 Å². The van der Waals surface area contributed by atoms with Crippen LogP contribution in [0.5, 0.6) is 0 Å². The maximum atomic E-state index is 12.5. The molecule has 25 heavy (non-hydrogen) atoms. The van der Waals surface area contributed by atoms with Crippen LogP contribution in [0, 0.1) is 0 Å². The van der Waals surface area contributed by atoms with E-state index in [-0.39, 0.29) is 17.6 Å². The molecule has 0 aliphatic heterocycles. The molecule has 3 rings (SSSR count). The lowest BCUT2D eigenvalue weighted by atomic mass is 10.1. The SMILES string of the molecule is CN(C(=O)c1ccc(NC(=O)c2ccc(Br)o2)cc1)c1ccccc1. The number of carbonyl (C=O) groups is 2. The summed E-state index contributed by atoms with van der Waals surface area (Å²) in [6.07, 6.45) is 0. The number of anilines is 2. The molecule has 0 saturated heterocycles. The third-order valence-electron chi connectivity index (χ3n) is 3.63. The zero-order valence-corrected chi connectivity index (χ0v) is 15.0. The summed E-state index contributed by atoms with van der Waals surface area (Å²) >= 11 is 3.16. The lowest BCUT2D eigenvalue weighted by Gasteiger charge is -2.17. The maximum Gasteiger partial charge on any atom is 0.291 e. The molecule has 1 heterocycles. The van der Waals surface area contributed by atoms with Gasteiger partial charge < -0.3 is 14.6 Å². The Hall–Kier alpha value is -2.86. The smallest absolute Gasteiger partial charge is 0.291 e. The molecule has 0 fully saturated rings. The predicted molar refractivity (Wildman–Crippen MR) is 100.0 cm³/mol. The van der Waals surface area contributed by atoms with Crippen LogP contribution in [0.1, 0.15) is 20.9 Å². The first-order valence-electron chi connectivity index (χ1n) is 7.54. The number of rotatable bonds is 4. The fraction of sp³-hybridized carbons (Fsp3) is 0.0526. The van der Waals surface area contributed by atoms with Crippen LogP contribution >= 0.6 is 15.9 Å². The predicted octanol–water partition coefficient (Wildman–Crippen LogP) is 4.57. The second-order valence-electron chi connectivity index (χ2n) is 5.33. The van der Waals surface area contributed by atoms with E-state index in [4.69, 9.17) is 4.42 Å². The van der Waals surface area contributed by atoms with Crippen molar-refractivity contribution in [3.63, 3.8) is 0 Å². The number of nitrogens with zero attached hydrogens (tertiary/aromatic N) is 1. The third-order valence-corrected chi connectivity index (χ3v) is 4.06. The number of hydrogen-bond donors (Lipinski definition) is 1. The van der Waals surface area contributed by atoms with Crippen molar-refractivity contribution in [2.75, 3.05) is 17.3 Å². The van der Waals surface area contributed by atoms with Gasteiger partial charge in [0.15, 0.2) is 10.4 Å². The van der Waals surface area contributed by atoms with Gasteiger partial charge in [0, 0.05) is 24.0 Å². The van der Waals surface area contributed by atoms with Gasteiger partial charge in [0.1, 0.15) is 0 Å². The second-order valence-corrected chi connectivity index (χ2v) is 6.12. The number of halogens is 1. The molecule has 2 aromatic carbocycles. The van der Waals surface area contributed by atoms with Gasteiger partial charge in [0.2, 0.25) is 0 Å². The van der Waals surface area contributed by atoms with E-state index < -0.39 is 0 Å². The molecule has 5 nitrogen and oxygen atoms in total. The van der Waals surface area contributed by atoms with E-state index in [1.807, 2.05) is 30.3 Å². The summed E-state index contributed by atoms with van der Waals surface area (Å²) in [4.78, 5) is 26.1. The number of para-hydroxylation sites is 1. The van der Waals surface area contributed by atoms with E-state index in [0.29, 0.717) is 15.9 Å². The number of furan rings is 1. The average molecular weight is 399 g/mol. The zero-order chi connectivity index (χ0) is 17.8. The summed E-state index contributed by atoms with van der Waals surface area (Å²) in [6.45, 7) is 0. The van der Waals surface area contributed by atoms with Crippen LogP contribution in [0.25, 0.3) is 0 Å². The largest absolute Gasteiger partial charge is 0.444 e. The van der Waals surface area contributed by atoms with Crippen LogP contribution in [-0.4, -0.2) is 18.9 Å². The lowest BCUT2D eigenvalue weighted by Crippen LogP contribution is -2.26. The van der Waals surface area contributed by atoms with Gasteiger partial charge >= 0.3 is 0 Å². The van der Waals surface area contributed by atoms with Crippen molar-refractivity contribution in [3.05, 3.63) is 82.7 Å². The summed E-state index contributed by atoms with van der Waals surface area (Å²) in [5.74, 6) is -0.277. The second kappa shape index (κ2) is 7.36. The highest BCUT2D eigenvalue weighted by Gasteiger charge is 2.14. The highest BCUT2D eigenvalue weighted by molar-refractivity contribution is 9.10. The summed E-state index contributed by atoms with van der Waals surface area (Å²) < 4.78 is 5.69. The quantitative estimate of drug-likeness (QED) is 0.699. The first-order chi connectivity index (χ1) is 12.0. The van der Waals surface area contributed by atoms with Crippen LogP contribution in [0.2, 0.25) is 0 Å². The molecular formula is C19H15BrN2O3. The Bertz CT molecular complexity index is 889. The maximum absolute atomic E-state index is 12.5. The Morgan fingerprint density at radius 1 is 0.960 bits per heavy atom. The first kappa shape index (κ1) is 17.0. The van der Waals surface area contributed by atoms with Gasteiger partial charge in [0.05, 0.1) is 0 Å². The van der Waals surface area contributed by atoms with Crippen LogP contribution in [-0.2, 0) is 0 Å². The molecule has 0 atom stereocenters. The summed E-state index contributed by atoms with van der Waals surface area (Å²) in [6, 6.07) is 19.3. The molecule has 0 aliphatic carbocycles. The van der Waals surface area contributed by atoms with Gasteiger partial charge in [-0.3, -0.25) is 9.59 Å². The molecular weight excluding hydrogens is 384 g/mol. The summed E-state index contributed by atoms with van der Waals surface area (Å²) in [7, 11) is 1.72. The molecule has 0 radical (unpaired) electrons. The molecule has 0 saturated carbocycles. The molecule has 3 aromatic rings. The Morgan fingerprint density at radius 3 is 2.24 bits per heavy atom. The Balaban J connectivity index is 1.69. The van der Waals surface area contributed by atoms with Gasteiger partial charge in [0.25, 0.3) is 11.8 Å². The number of hydrogen-bond acceptors (Lipinski definition) is 3. The van der Waals surface area contributed by atoms with E-state index in [2.05, 4.69) is 21.2 Å². The highest BCUT2D eigenvalue weighted by Crippen LogP contribution is 2.18. The fourth-order valence-electron chi connectivity index (χ4n) is 2.29. The molecule has 0 aliphatic rings. The summed E-state index contributed by atoms with van der Waals surface area (Å²) in [5, 5.41) is 2.72. The van der Waals surface area contributed by atoms with E-state index >= 15 is 0 Å². The lowest BCUT2D eigenvalue weighted by molar-refractivity contribution is 0.0988. The van der Waals surface area contributed by atoms with Crippen molar-refractivity contribution in [2.24, 2.45) is 0 Å². The fourth-order valence-corrected chi connectivity index (χ4v) is 2.59. The Kier molecular flexibility index (Phi) is 5.00. The third kappa shape index (κ3) is 3.97. The molecule has 1 aromatic heterocycles. The van der Waals surface area contributed by atoms with Crippen LogP contribution in [0.3, 0.4) is 0 Å². The van der Waals surface area contributed by atoms with Crippen molar-refractivity contribution in [1.29, 1.82) is 0 Å². The van der Waals surface area contributed by atoms with Crippen molar-refractivity contribution >= 4 is 39.1 Å². The number of nitrogens with one attached hydrogen (secondary N) is 1. The standard InChI is InChI=1S/C19H15BrN2O3/c1-22(15-5-3-2-4-6-15)19(24)13-7-9-14(10-8-13)21-18(23)16-11-12-17(20)25-16/h2-12H,1H3,(H,21,23). The van der Waals surface area contributed by atoms with Crippen LogP contribution in [0.4, 0.5) is 11.4 Å². The Labute approximate surface area is 153 Å². The van der Waals surface area contributed by atoms with Gasteiger partial charge in [-0.15, -0.1) is 0 Å². The minimum Gasteiger partial charge on any atom is -0.444 e. The van der Waals surface area contributed by atoms with Crippen molar-refractivity contribution in [2.45, 2.75) is 0 Å². The molecule has 6 heteroatoms.